The van der Waals surface area contributed by atoms with Crippen LogP contribution in [0.1, 0.15) is 0 Å². The van der Waals surface area contributed by atoms with Crippen LogP contribution < -0.4 is 4.90 Å². The molecule has 0 N–H and O–H groups in total. The molecule has 65 heavy (non-hydrogen) atoms. The Bertz CT molecular complexity index is 3890. The molecule has 2 aromatic heterocycles. The summed E-state index contributed by atoms with van der Waals surface area (Å²) in [6.07, 6.45) is 0. The lowest BCUT2D eigenvalue weighted by atomic mass is 9.96. The van der Waals surface area contributed by atoms with Crippen LogP contribution in [0.4, 0.5) is 17.1 Å². The van der Waals surface area contributed by atoms with E-state index in [9.17, 15) is 0 Å². The van der Waals surface area contributed by atoms with Gasteiger partial charge in [-0.05, 0) is 122 Å². The molecule has 0 unspecified atom stereocenters. The van der Waals surface area contributed by atoms with Crippen molar-refractivity contribution in [2.45, 2.75) is 0 Å². The van der Waals surface area contributed by atoms with Gasteiger partial charge >= 0.3 is 0 Å². The van der Waals surface area contributed by atoms with Crippen LogP contribution in [0, 0.1) is 0 Å². The molecule has 0 spiro atoms. The van der Waals surface area contributed by atoms with Crippen molar-refractivity contribution in [3.8, 4) is 39.1 Å². The highest BCUT2D eigenvalue weighted by atomic mass is 16.3. The molecule has 0 aliphatic rings. The maximum atomic E-state index is 6.48. The molecule has 0 saturated carbocycles. The van der Waals surface area contributed by atoms with E-state index in [-0.39, 0.29) is 0 Å². The lowest BCUT2D eigenvalue weighted by Gasteiger charge is -2.26. The maximum Gasteiger partial charge on any atom is 0.137 e. The summed E-state index contributed by atoms with van der Waals surface area (Å²) in [4.78, 5) is 2.35. The number of furan rings is 1. The summed E-state index contributed by atoms with van der Waals surface area (Å²) in [6, 6.07) is 87.8. The van der Waals surface area contributed by atoms with E-state index < -0.39 is 0 Å². The van der Waals surface area contributed by atoms with Crippen LogP contribution in [0.25, 0.3) is 104 Å². The number of hydrogen-bond donors (Lipinski definition) is 0. The Morgan fingerprint density at radius 3 is 1.58 bits per heavy atom. The summed E-state index contributed by atoms with van der Waals surface area (Å²) < 4.78 is 8.89. The molecule has 11 aromatic carbocycles. The minimum atomic E-state index is 0.859. The molecule has 3 heteroatoms. The van der Waals surface area contributed by atoms with E-state index in [0.717, 1.165) is 55.8 Å². The van der Waals surface area contributed by atoms with Gasteiger partial charge in [-0.2, -0.15) is 0 Å². The van der Waals surface area contributed by atoms with Gasteiger partial charge in [0.15, 0.2) is 0 Å². The molecule has 0 fully saturated rings. The normalized spacial score (nSPS) is 11.7. The van der Waals surface area contributed by atoms with Crippen molar-refractivity contribution in [2.75, 3.05) is 4.90 Å². The average Bonchev–Trinajstić information content (AvgIpc) is 3.92. The maximum absolute atomic E-state index is 6.48. The molecule has 304 valence electrons. The monoisotopic (exact) mass is 828 g/mol. The molecule has 3 nitrogen and oxygen atoms in total. The zero-order valence-electron chi connectivity index (χ0n) is 35.4. The summed E-state index contributed by atoms with van der Waals surface area (Å²) in [5.41, 5.74) is 15.5. The lowest BCUT2D eigenvalue weighted by molar-refractivity contribution is 0.669. The number of nitrogens with zero attached hydrogens (tertiary/aromatic N) is 2. The van der Waals surface area contributed by atoms with Gasteiger partial charge in [0.2, 0.25) is 0 Å². The van der Waals surface area contributed by atoms with Gasteiger partial charge in [-0.3, -0.25) is 0 Å². The van der Waals surface area contributed by atoms with Crippen LogP contribution in [0.3, 0.4) is 0 Å². The minimum Gasteiger partial charge on any atom is -0.456 e. The van der Waals surface area contributed by atoms with E-state index in [4.69, 9.17) is 4.42 Å². The Morgan fingerprint density at radius 1 is 0.292 bits per heavy atom. The summed E-state index contributed by atoms with van der Waals surface area (Å²) >= 11 is 0. The first-order chi connectivity index (χ1) is 32.2. The molecule has 0 atom stereocenters. The SMILES string of the molecule is c1cc(-c2cc(-n3c4ccccc4c4ccccc43)cc3ccccc23)cc(N(c2ccc(-c3ccc(-c4cccc5ccccc45)cc3)cc2)c2ccc3c(c2)oc2ccccc23)c1. The van der Waals surface area contributed by atoms with E-state index in [0.29, 0.717) is 0 Å². The van der Waals surface area contributed by atoms with Crippen LogP contribution in [0.5, 0.6) is 0 Å². The lowest BCUT2D eigenvalue weighted by Crippen LogP contribution is -2.10. The summed E-state index contributed by atoms with van der Waals surface area (Å²) in [5.74, 6) is 0. The Labute approximate surface area is 376 Å². The molecule has 0 radical (unpaired) electrons. The summed E-state index contributed by atoms with van der Waals surface area (Å²) in [6.45, 7) is 0. The highest BCUT2D eigenvalue weighted by molar-refractivity contribution is 6.10. The first kappa shape index (κ1) is 36.9. The van der Waals surface area contributed by atoms with Crippen molar-refractivity contribution in [3.63, 3.8) is 0 Å². The standard InChI is InChI=1S/C62H40N2O/c1-3-18-51-43(13-1)15-12-23-52(51)44-29-27-41(28-30-44)42-31-33-47(34-32-42)63(49-35-36-57-56-22-7-10-26-61(56)65-62(57)40-49)48-17-11-16-46(37-48)58-39-50(38-45-14-2-4-19-53(45)58)64-59-24-8-5-20-54(59)55-21-6-9-25-60(55)64/h1-40H. The second-order valence-electron chi connectivity index (χ2n) is 16.9. The molecule has 0 saturated heterocycles. The number of benzene rings is 11. The zero-order chi connectivity index (χ0) is 42.8. The molecule has 2 heterocycles. The van der Waals surface area contributed by atoms with Gasteiger partial charge < -0.3 is 13.9 Å². The number of para-hydroxylation sites is 3. The van der Waals surface area contributed by atoms with Crippen molar-refractivity contribution < 1.29 is 4.42 Å². The third-order valence-electron chi connectivity index (χ3n) is 13.2. The molecule has 13 rings (SSSR count). The second-order valence-corrected chi connectivity index (χ2v) is 16.9. The highest BCUT2D eigenvalue weighted by Gasteiger charge is 2.19. The van der Waals surface area contributed by atoms with Crippen LogP contribution in [0.2, 0.25) is 0 Å². The molecule has 0 bridgehead atoms. The van der Waals surface area contributed by atoms with Crippen LogP contribution >= 0.6 is 0 Å². The fourth-order valence-corrected chi connectivity index (χ4v) is 10.1. The molecular formula is C62H40N2O. The number of fused-ring (bicyclic) bond motifs is 8. The van der Waals surface area contributed by atoms with Crippen molar-refractivity contribution in [2.24, 2.45) is 0 Å². The Hall–Kier alpha value is -8.66. The van der Waals surface area contributed by atoms with Gasteiger partial charge in [-0.15, -0.1) is 0 Å². The number of hydrogen-bond acceptors (Lipinski definition) is 2. The van der Waals surface area contributed by atoms with Crippen LogP contribution in [0.15, 0.2) is 247 Å². The number of aromatic nitrogens is 1. The van der Waals surface area contributed by atoms with Crippen molar-refractivity contribution in [3.05, 3.63) is 243 Å². The quantitative estimate of drug-likeness (QED) is 0.160. The second kappa shape index (κ2) is 15.0. The van der Waals surface area contributed by atoms with Gasteiger partial charge in [0.25, 0.3) is 0 Å². The minimum absolute atomic E-state index is 0.859. The summed E-state index contributed by atoms with van der Waals surface area (Å²) in [5, 5.41) is 9.64. The fourth-order valence-electron chi connectivity index (χ4n) is 10.1. The van der Waals surface area contributed by atoms with Gasteiger partial charge in [0, 0.05) is 50.4 Å². The predicted octanol–water partition coefficient (Wildman–Crippen LogP) is 17.5. The van der Waals surface area contributed by atoms with Gasteiger partial charge in [0.1, 0.15) is 11.2 Å². The highest BCUT2D eigenvalue weighted by Crippen LogP contribution is 2.43. The van der Waals surface area contributed by atoms with Gasteiger partial charge in [-0.25, -0.2) is 0 Å². The Balaban J connectivity index is 0.936. The van der Waals surface area contributed by atoms with Crippen LogP contribution in [-0.4, -0.2) is 4.57 Å². The Kier molecular flexibility index (Phi) is 8.53. The average molecular weight is 829 g/mol. The largest absolute Gasteiger partial charge is 0.456 e. The smallest absolute Gasteiger partial charge is 0.137 e. The molecule has 13 aromatic rings. The van der Waals surface area contributed by atoms with Gasteiger partial charge in [0.05, 0.1) is 11.0 Å². The van der Waals surface area contributed by atoms with E-state index in [2.05, 4.69) is 240 Å². The zero-order valence-corrected chi connectivity index (χ0v) is 35.4. The Morgan fingerprint density at radius 2 is 0.831 bits per heavy atom. The van der Waals surface area contributed by atoms with E-state index >= 15 is 0 Å². The fraction of sp³-hybridized carbons (Fsp3) is 0. The van der Waals surface area contributed by atoms with Crippen molar-refractivity contribution >= 4 is 82.4 Å². The third-order valence-corrected chi connectivity index (χ3v) is 13.2. The van der Waals surface area contributed by atoms with E-state index in [1.54, 1.807) is 0 Å². The first-order valence-electron chi connectivity index (χ1n) is 22.2. The third kappa shape index (κ3) is 6.20. The van der Waals surface area contributed by atoms with Crippen LogP contribution in [-0.2, 0) is 0 Å². The van der Waals surface area contributed by atoms with E-state index in [1.165, 1.54) is 65.6 Å². The summed E-state index contributed by atoms with van der Waals surface area (Å²) in [7, 11) is 0. The van der Waals surface area contributed by atoms with Gasteiger partial charge in [-0.1, -0.05) is 170 Å². The van der Waals surface area contributed by atoms with Crippen molar-refractivity contribution in [1.29, 1.82) is 0 Å². The molecular weight excluding hydrogens is 789 g/mol. The molecule has 0 amide bonds. The van der Waals surface area contributed by atoms with Crippen molar-refractivity contribution in [1.82, 2.24) is 4.57 Å². The number of anilines is 3. The first-order valence-corrected chi connectivity index (χ1v) is 22.2. The van der Waals surface area contributed by atoms with E-state index in [1.807, 2.05) is 12.1 Å². The topological polar surface area (TPSA) is 21.3 Å². The molecule has 0 aliphatic heterocycles. The number of rotatable bonds is 7. The predicted molar refractivity (Wildman–Crippen MR) is 274 cm³/mol. The molecule has 0 aliphatic carbocycles.